The fourth-order valence-corrected chi connectivity index (χ4v) is 14.9. The molecule has 2 N–H and O–H groups in total. The second kappa shape index (κ2) is 23.4. The van der Waals surface area contributed by atoms with Crippen LogP contribution in [0.1, 0.15) is 57.6 Å². The maximum atomic E-state index is 17.4. The predicted octanol–water partition coefficient (Wildman–Crippen LogP) is 17.5. The van der Waals surface area contributed by atoms with Gasteiger partial charge in [-0.05, 0) is 84.4 Å². The summed E-state index contributed by atoms with van der Waals surface area (Å²) in [5.41, 5.74) is -38.9. The van der Waals surface area contributed by atoms with Crippen LogP contribution in [0.25, 0.3) is 33.4 Å². The fourth-order valence-electron chi connectivity index (χ4n) is 14.9. The van der Waals surface area contributed by atoms with E-state index in [0.717, 1.165) is 0 Å². The van der Waals surface area contributed by atoms with E-state index in [1.165, 1.54) is 0 Å². The lowest BCUT2D eigenvalue weighted by atomic mass is 9.53. The Morgan fingerprint density at radius 1 is 0.255 bits per heavy atom. The Morgan fingerprint density at radius 2 is 0.557 bits per heavy atom. The van der Waals surface area contributed by atoms with E-state index in [0.29, 0.717) is 48.6 Å². The van der Waals surface area contributed by atoms with Gasteiger partial charge in [0.1, 0.15) is 0 Å². The lowest BCUT2D eigenvalue weighted by Gasteiger charge is -2.48. The smallest absolute Gasteiger partial charge is 0.200 e. The van der Waals surface area contributed by atoms with Gasteiger partial charge in [-0.15, -0.1) is 0 Å². The third-order valence-electron chi connectivity index (χ3n) is 19.2. The number of H-pyrrole nitrogens is 2. The Morgan fingerprint density at radius 3 is 0.962 bits per heavy atom. The number of aliphatic imine (C=N–C) groups is 4. The molecule has 6 aliphatic heterocycles. The van der Waals surface area contributed by atoms with Gasteiger partial charge in [0.15, 0.2) is 140 Å². The summed E-state index contributed by atoms with van der Waals surface area (Å²) in [6, 6.07) is 1.83. The number of allylic oxidation sites excluding steroid dienone is 9. The Labute approximate surface area is 565 Å². The zero-order chi connectivity index (χ0) is 76.0. The molecule has 0 amide bonds. The first-order chi connectivity index (χ1) is 50.1. The molecule has 538 valence electrons. The molecule has 4 atom stereocenters. The summed E-state index contributed by atoms with van der Waals surface area (Å²) >= 11 is 0. The second-order valence-corrected chi connectivity index (χ2v) is 24.3. The number of aromatic amines is 2. The van der Waals surface area contributed by atoms with Crippen LogP contribution in [-0.2, 0) is 0 Å². The van der Waals surface area contributed by atoms with Gasteiger partial charge in [-0.25, -0.2) is 147 Å². The summed E-state index contributed by atoms with van der Waals surface area (Å²) in [6.07, 6.45) is 0.0926. The van der Waals surface area contributed by atoms with Crippen molar-refractivity contribution in [2.75, 3.05) is 0 Å². The van der Waals surface area contributed by atoms with Gasteiger partial charge in [-0.3, -0.25) is 4.99 Å². The number of nitrogens with zero attached hydrogens (tertiary/aromatic N) is 4. The molecule has 4 unspecified atom stereocenters. The van der Waals surface area contributed by atoms with E-state index in [2.05, 4.69) is 29.9 Å². The van der Waals surface area contributed by atoms with Gasteiger partial charge < -0.3 is 9.97 Å². The van der Waals surface area contributed by atoms with Crippen molar-refractivity contribution in [1.29, 1.82) is 0 Å². The van der Waals surface area contributed by atoms with Crippen LogP contribution < -0.4 is 10.7 Å². The van der Waals surface area contributed by atoms with Gasteiger partial charge in [-0.1, -0.05) is 0 Å². The van der Waals surface area contributed by atoms with E-state index in [1.54, 1.807) is 0 Å². The molecule has 6 aromatic carbocycles. The lowest BCUT2D eigenvalue weighted by molar-refractivity contribution is 0.198. The minimum Gasteiger partial charge on any atom is -0.354 e. The van der Waals surface area contributed by atoms with Gasteiger partial charge in [0.25, 0.3) is 0 Å². The summed E-state index contributed by atoms with van der Waals surface area (Å²) in [6.45, 7) is 0. The van der Waals surface area contributed by atoms with Crippen molar-refractivity contribution in [3.63, 3.8) is 0 Å². The SMILES string of the molecule is Fc1c(F)c(F)c(C2=C3C=CC(=N3)C(c3c(F)c(F)c(F)c(F)c3F)=c3ccc([nH]3)=C(c3c(F)c(F)c(F)c(F)c3F)C3=NC4=C(c5c(F)c(F)c(F)c(F)c5F)C5=NC(=C(c6c(F)c(F)c(F)c(F)c6F)c6ccc([nH]6)C(c6c(F)c(F)c(F)c(F)c6F)=C6N=C2C2=C6C6CCC2C3C46)C=C5)c(F)c1F. The largest absolute Gasteiger partial charge is 0.354 e. The number of halogens is 30. The molecular formula is C70H18F30N6. The van der Waals surface area contributed by atoms with Gasteiger partial charge in [0.05, 0.1) is 79.0 Å². The molecule has 36 heteroatoms. The molecule has 0 spiro atoms. The van der Waals surface area contributed by atoms with Crippen molar-refractivity contribution in [3.8, 4) is 0 Å². The first kappa shape index (κ1) is 68.8. The molecule has 1 saturated carbocycles. The highest BCUT2D eigenvalue weighted by molar-refractivity contribution is 6.39. The molecule has 6 nitrogen and oxygen atoms in total. The number of rotatable bonds is 6. The molecule has 3 aliphatic carbocycles. The van der Waals surface area contributed by atoms with Crippen molar-refractivity contribution in [2.24, 2.45) is 43.6 Å². The highest BCUT2D eigenvalue weighted by Gasteiger charge is 2.60. The zero-order valence-electron chi connectivity index (χ0n) is 50.5. The maximum absolute atomic E-state index is 17.4. The van der Waals surface area contributed by atoms with Crippen LogP contribution in [0, 0.1) is 198 Å². The van der Waals surface area contributed by atoms with E-state index in [1.807, 2.05) is 0 Å². The number of fused-ring (bicyclic) bond motifs is 7. The van der Waals surface area contributed by atoms with Crippen LogP contribution in [0.4, 0.5) is 132 Å². The average molecular weight is 1510 g/mol. The van der Waals surface area contributed by atoms with Gasteiger partial charge in [-0.2, -0.15) is 0 Å². The fraction of sp³-hybridized carbons (Fsp3) is 0.0857. The van der Waals surface area contributed by atoms with Crippen LogP contribution >= 0.6 is 0 Å². The third-order valence-corrected chi connectivity index (χ3v) is 19.2. The van der Waals surface area contributed by atoms with Crippen LogP contribution in [0.2, 0.25) is 0 Å². The monoisotopic (exact) mass is 1510 g/mol. The van der Waals surface area contributed by atoms with E-state index in [9.17, 15) is 8.78 Å². The molecule has 0 radical (unpaired) electrons. The molecule has 0 saturated heterocycles. The summed E-state index contributed by atoms with van der Waals surface area (Å²) < 4.78 is 489. The number of benzene rings is 6. The number of hydrogen-bond acceptors (Lipinski definition) is 4. The standard InChI is InChI=1S/C70H18F30N6/c71-37-31(38(72)50(84)61(95)49(37)83)25-13-3-7-17(101-13)27(33-41(75)53(87)63(97)54(88)42(33)76)67-21-11-1-2-12-23(21)69(105-67)29(35-45(79)57(91)65(99)58(92)46(35)80)19-9-5-15(103-19)26(32-39(73)51(85)62(96)52(86)40(32)74)16-6-10-20(104-16)30(36-47(81)59(93)66(100)60(94)48(36)82)70-24(12)22(11)68(106-70)28(18-8-4-14(25)102-18)34-43(77)55(89)64(98)56(90)44(34)78/h3-12,21,23,101,104H,1-2H2. The minimum atomic E-state index is -2.99. The number of hydrogen-bond donors (Lipinski definition) is 2. The Hall–Kier alpha value is -11.6. The molecular weight excluding hydrogens is 1490 g/mol. The summed E-state index contributed by atoms with van der Waals surface area (Å²) in [4.78, 5) is 21.4. The molecule has 8 aromatic rings. The van der Waals surface area contributed by atoms with Gasteiger partial charge in [0.2, 0.25) is 34.9 Å². The number of aromatic nitrogens is 2. The third kappa shape index (κ3) is 8.96. The second-order valence-electron chi connectivity index (χ2n) is 24.3. The summed E-state index contributed by atoms with van der Waals surface area (Å²) in [5, 5.41) is -2.46. The van der Waals surface area contributed by atoms with Gasteiger partial charge >= 0.3 is 0 Å². The van der Waals surface area contributed by atoms with Crippen molar-refractivity contribution in [1.82, 2.24) is 9.97 Å². The van der Waals surface area contributed by atoms with Crippen LogP contribution in [-0.4, -0.2) is 32.8 Å². The van der Waals surface area contributed by atoms with Crippen LogP contribution in [0.3, 0.4) is 0 Å². The molecule has 2 aromatic heterocycles. The number of nitrogens with one attached hydrogen (secondary N) is 2. The van der Waals surface area contributed by atoms with E-state index in [-0.39, 0.29) is 0 Å². The first-order valence-corrected chi connectivity index (χ1v) is 29.8. The molecule has 14 bridgehead atoms. The molecule has 17 rings (SSSR count). The van der Waals surface area contributed by atoms with Crippen molar-refractivity contribution in [2.45, 2.75) is 12.8 Å². The molecule has 9 aliphatic rings. The normalized spacial score (nSPS) is 19.3. The molecule has 106 heavy (non-hydrogen) atoms. The van der Waals surface area contributed by atoms with E-state index >= 15 is 123 Å². The zero-order valence-corrected chi connectivity index (χ0v) is 50.5. The Kier molecular flexibility index (Phi) is 15.2. The van der Waals surface area contributed by atoms with Gasteiger partial charge in [0, 0.05) is 67.4 Å². The highest BCUT2D eigenvalue weighted by Crippen LogP contribution is 2.65. The quantitative estimate of drug-likeness (QED) is 0.0945. The van der Waals surface area contributed by atoms with E-state index in [4.69, 9.17) is 0 Å². The first-order valence-electron chi connectivity index (χ1n) is 29.8. The maximum Gasteiger partial charge on any atom is 0.200 e. The lowest BCUT2D eigenvalue weighted by Crippen LogP contribution is -2.45. The van der Waals surface area contributed by atoms with Crippen molar-refractivity contribution in [3.05, 3.63) is 312 Å². The Bertz CT molecular complexity index is 5990. The van der Waals surface area contributed by atoms with Crippen molar-refractivity contribution < 1.29 is 132 Å². The van der Waals surface area contributed by atoms with E-state index < -0.39 is 357 Å². The van der Waals surface area contributed by atoms with Crippen molar-refractivity contribution >= 4 is 56.3 Å². The minimum absolute atomic E-state index is 0.411. The summed E-state index contributed by atoms with van der Waals surface area (Å²) in [7, 11) is 0. The van der Waals surface area contributed by atoms with Crippen LogP contribution in [0.15, 0.2) is 102 Å². The Balaban J connectivity index is 1.22. The topological polar surface area (TPSA) is 81.0 Å². The highest BCUT2D eigenvalue weighted by atomic mass is 19.2. The summed E-state index contributed by atoms with van der Waals surface area (Å²) in [5.74, 6) is -96.6. The molecule has 8 heterocycles. The molecule has 1 fully saturated rings. The predicted molar refractivity (Wildman–Crippen MR) is 307 cm³/mol. The average Bonchev–Trinajstić information content (AvgIpc) is 1.51. The van der Waals surface area contributed by atoms with Crippen LogP contribution in [0.5, 0.6) is 0 Å².